The third kappa shape index (κ3) is 2.55. The van der Waals surface area contributed by atoms with Crippen molar-refractivity contribution in [2.75, 3.05) is 12.4 Å². The maximum absolute atomic E-state index is 3.36. The van der Waals surface area contributed by atoms with Gasteiger partial charge in [0.2, 0.25) is 0 Å². The Morgan fingerprint density at radius 1 is 1.08 bits per heavy atom. The molecule has 2 nitrogen and oxygen atoms in total. The van der Waals surface area contributed by atoms with Crippen LogP contribution in [0, 0.1) is 0 Å². The second kappa shape index (κ2) is 3.59. The standard InChI is InChI=1S/C10H16N2/c1-10(2,11-3)12-9-7-5-4-6-8-9/h4-8,11-12H,1-3H3. The number of rotatable bonds is 3. The molecule has 1 aromatic carbocycles. The third-order valence-corrected chi connectivity index (χ3v) is 1.86. The van der Waals surface area contributed by atoms with E-state index in [4.69, 9.17) is 0 Å². The lowest BCUT2D eigenvalue weighted by molar-refractivity contribution is 0.485. The molecule has 0 aliphatic rings. The van der Waals surface area contributed by atoms with Gasteiger partial charge >= 0.3 is 0 Å². The Morgan fingerprint density at radius 2 is 1.67 bits per heavy atom. The molecule has 0 saturated carbocycles. The summed E-state index contributed by atoms with van der Waals surface area (Å²) >= 11 is 0. The van der Waals surface area contributed by atoms with Gasteiger partial charge in [0.1, 0.15) is 0 Å². The molecule has 0 spiro atoms. The topological polar surface area (TPSA) is 24.1 Å². The van der Waals surface area contributed by atoms with E-state index in [2.05, 4.69) is 36.6 Å². The average Bonchev–Trinajstić information content (AvgIpc) is 2.06. The van der Waals surface area contributed by atoms with Crippen molar-refractivity contribution in [3.05, 3.63) is 30.3 Å². The first kappa shape index (κ1) is 9.07. The predicted molar refractivity (Wildman–Crippen MR) is 53.2 cm³/mol. The van der Waals surface area contributed by atoms with E-state index in [0.717, 1.165) is 5.69 Å². The van der Waals surface area contributed by atoms with E-state index in [1.54, 1.807) is 0 Å². The van der Waals surface area contributed by atoms with Crippen molar-refractivity contribution >= 4 is 5.69 Å². The van der Waals surface area contributed by atoms with Crippen molar-refractivity contribution in [3.8, 4) is 0 Å². The van der Waals surface area contributed by atoms with E-state index in [1.165, 1.54) is 0 Å². The van der Waals surface area contributed by atoms with Gasteiger partial charge in [-0.15, -0.1) is 0 Å². The Hall–Kier alpha value is -1.02. The molecular formula is C10H16N2. The summed E-state index contributed by atoms with van der Waals surface area (Å²) in [6.07, 6.45) is 0. The van der Waals surface area contributed by atoms with E-state index < -0.39 is 0 Å². The van der Waals surface area contributed by atoms with Crippen LogP contribution in [-0.4, -0.2) is 12.7 Å². The number of para-hydroxylation sites is 1. The number of hydrogen-bond acceptors (Lipinski definition) is 2. The minimum atomic E-state index is -0.0542. The molecule has 0 aliphatic heterocycles. The summed E-state index contributed by atoms with van der Waals surface area (Å²) in [5.74, 6) is 0. The van der Waals surface area contributed by atoms with Gasteiger partial charge in [-0.3, -0.25) is 5.32 Å². The molecule has 1 rings (SSSR count). The van der Waals surface area contributed by atoms with E-state index in [0.29, 0.717) is 0 Å². The van der Waals surface area contributed by atoms with Crippen LogP contribution in [0.5, 0.6) is 0 Å². The van der Waals surface area contributed by atoms with Crippen molar-refractivity contribution in [3.63, 3.8) is 0 Å². The van der Waals surface area contributed by atoms with Crippen LogP contribution in [0.4, 0.5) is 5.69 Å². The molecule has 0 heterocycles. The summed E-state index contributed by atoms with van der Waals surface area (Å²) in [7, 11) is 1.94. The van der Waals surface area contributed by atoms with Crippen LogP contribution < -0.4 is 10.6 Å². The predicted octanol–water partition coefficient (Wildman–Crippen LogP) is 2.05. The molecule has 0 unspecified atom stereocenters. The Kier molecular flexibility index (Phi) is 2.71. The highest BCUT2D eigenvalue weighted by Crippen LogP contribution is 2.10. The molecule has 0 atom stereocenters. The fourth-order valence-electron chi connectivity index (χ4n) is 0.945. The molecule has 2 heteroatoms. The molecule has 0 aromatic heterocycles. The first-order valence-electron chi connectivity index (χ1n) is 4.16. The molecule has 0 saturated heterocycles. The molecule has 0 bridgehead atoms. The summed E-state index contributed by atoms with van der Waals surface area (Å²) in [4.78, 5) is 0. The fraction of sp³-hybridized carbons (Fsp3) is 0.400. The van der Waals surface area contributed by atoms with Crippen molar-refractivity contribution in [1.29, 1.82) is 0 Å². The van der Waals surface area contributed by atoms with Gasteiger partial charge in [0, 0.05) is 5.69 Å². The van der Waals surface area contributed by atoms with Crippen LogP contribution in [0.2, 0.25) is 0 Å². The zero-order valence-electron chi connectivity index (χ0n) is 7.89. The molecular weight excluding hydrogens is 148 g/mol. The molecule has 2 N–H and O–H groups in total. The highest BCUT2D eigenvalue weighted by atomic mass is 15.2. The molecule has 12 heavy (non-hydrogen) atoms. The summed E-state index contributed by atoms with van der Waals surface area (Å²) in [6.45, 7) is 4.19. The number of benzene rings is 1. The molecule has 1 aromatic rings. The highest BCUT2D eigenvalue weighted by Gasteiger charge is 2.12. The maximum Gasteiger partial charge on any atom is 0.0821 e. The van der Waals surface area contributed by atoms with Gasteiger partial charge in [-0.2, -0.15) is 0 Å². The molecule has 0 radical (unpaired) electrons. The summed E-state index contributed by atoms with van der Waals surface area (Å²) in [5.41, 5.74) is 1.08. The summed E-state index contributed by atoms with van der Waals surface area (Å²) < 4.78 is 0. The maximum atomic E-state index is 3.36. The lowest BCUT2D eigenvalue weighted by atomic mass is 10.2. The van der Waals surface area contributed by atoms with Crippen LogP contribution in [-0.2, 0) is 0 Å². The Bertz CT molecular complexity index is 229. The first-order chi connectivity index (χ1) is 5.64. The quantitative estimate of drug-likeness (QED) is 0.668. The Labute approximate surface area is 74.0 Å². The third-order valence-electron chi connectivity index (χ3n) is 1.86. The van der Waals surface area contributed by atoms with Crippen LogP contribution >= 0.6 is 0 Å². The largest absolute Gasteiger partial charge is 0.368 e. The Morgan fingerprint density at radius 3 is 2.17 bits per heavy atom. The second-order valence-corrected chi connectivity index (χ2v) is 3.37. The average molecular weight is 164 g/mol. The normalized spacial score (nSPS) is 11.2. The van der Waals surface area contributed by atoms with E-state index in [1.807, 2.05) is 25.2 Å². The number of nitrogens with one attached hydrogen (secondary N) is 2. The van der Waals surface area contributed by atoms with E-state index in [9.17, 15) is 0 Å². The van der Waals surface area contributed by atoms with Crippen LogP contribution in [0.15, 0.2) is 30.3 Å². The van der Waals surface area contributed by atoms with Crippen LogP contribution in [0.1, 0.15) is 13.8 Å². The van der Waals surface area contributed by atoms with Gasteiger partial charge in [-0.1, -0.05) is 18.2 Å². The smallest absolute Gasteiger partial charge is 0.0821 e. The minimum Gasteiger partial charge on any atom is -0.368 e. The van der Waals surface area contributed by atoms with E-state index >= 15 is 0 Å². The van der Waals surface area contributed by atoms with Gasteiger partial charge in [0.15, 0.2) is 0 Å². The monoisotopic (exact) mass is 164 g/mol. The van der Waals surface area contributed by atoms with E-state index in [-0.39, 0.29) is 5.66 Å². The molecule has 0 amide bonds. The van der Waals surface area contributed by atoms with Crippen molar-refractivity contribution < 1.29 is 0 Å². The van der Waals surface area contributed by atoms with Crippen molar-refractivity contribution in [2.24, 2.45) is 0 Å². The fourth-order valence-corrected chi connectivity index (χ4v) is 0.945. The van der Waals surface area contributed by atoms with Gasteiger partial charge in [0.05, 0.1) is 5.66 Å². The molecule has 0 aliphatic carbocycles. The number of anilines is 1. The summed E-state index contributed by atoms with van der Waals surface area (Å²) in [6, 6.07) is 10.2. The van der Waals surface area contributed by atoms with Crippen molar-refractivity contribution in [2.45, 2.75) is 19.5 Å². The summed E-state index contributed by atoms with van der Waals surface area (Å²) in [5, 5.41) is 6.54. The van der Waals surface area contributed by atoms with Gasteiger partial charge in [-0.05, 0) is 33.0 Å². The zero-order chi connectivity index (χ0) is 9.03. The van der Waals surface area contributed by atoms with Crippen molar-refractivity contribution in [1.82, 2.24) is 5.32 Å². The Balaban J connectivity index is 2.64. The highest BCUT2D eigenvalue weighted by molar-refractivity contribution is 5.44. The van der Waals surface area contributed by atoms with Crippen LogP contribution in [0.25, 0.3) is 0 Å². The van der Waals surface area contributed by atoms with Gasteiger partial charge in [-0.25, -0.2) is 0 Å². The van der Waals surface area contributed by atoms with Crippen LogP contribution in [0.3, 0.4) is 0 Å². The SMILES string of the molecule is CNC(C)(C)Nc1ccccc1. The van der Waals surface area contributed by atoms with Gasteiger partial charge < -0.3 is 5.32 Å². The first-order valence-corrected chi connectivity index (χ1v) is 4.16. The number of hydrogen-bond donors (Lipinski definition) is 2. The van der Waals surface area contributed by atoms with Gasteiger partial charge in [0.25, 0.3) is 0 Å². The molecule has 66 valence electrons. The lowest BCUT2D eigenvalue weighted by Gasteiger charge is -2.26. The second-order valence-electron chi connectivity index (χ2n) is 3.37. The lowest BCUT2D eigenvalue weighted by Crippen LogP contribution is -2.43. The minimum absolute atomic E-state index is 0.0542. The zero-order valence-corrected chi connectivity index (χ0v) is 7.89. The molecule has 0 fully saturated rings.